The van der Waals surface area contributed by atoms with Crippen molar-refractivity contribution < 1.29 is 4.79 Å². The summed E-state index contributed by atoms with van der Waals surface area (Å²) in [5, 5.41) is 11.3. The maximum absolute atomic E-state index is 13.2. The number of carbonyl (C=O) groups is 1. The molecule has 0 aliphatic heterocycles. The summed E-state index contributed by atoms with van der Waals surface area (Å²) >= 11 is 0. The van der Waals surface area contributed by atoms with Crippen LogP contribution in [0.15, 0.2) is 78.2 Å². The molecule has 33 heavy (non-hydrogen) atoms. The summed E-state index contributed by atoms with van der Waals surface area (Å²) in [6.07, 6.45) is 6.22. The number of nitrogens with two attached hydrogens (primary N) is 1. The molecule has 1 aromatic heterocycles. The summed E-state index contributed by atoms with van der Waals surface area (Å²) < 4.78 is 1.78. The summed E-state index contributed by atoms with van der Waals surface area (Å²) in [7, 11) is 0. The monoisotopic (exact) mass is 442 g/mol. The molecule has 0 aliphatic carbocycles. The number of carbonyl (C=O) groups excluding carboxylic acids is 1. The lowest BCUT2D eigenvalue weighted by Gasteiger charge is -2.16. The van der Waals surface area contributed by atoms with Crippen molar-refractivity contribution in [1.82, 2.24) is 20.3 Å². The number of aromatic nitrogens is 3. The van der Waals surface area contributed by atoms with Gasteiger partial charge < -0.3 is 11.1 Å². The van der Waals surface area contributed by atoms with Gasteiger partial charge in [0.1, 0.15) is 0 Å². The molecule has 0 aliphatic rings. The van der Waals surface area contributed by atoms with E-state index in [4.69, 9.17) is 5.73 Å². The smallest absolute Gasteiger partial charge is 0.251 e. The van der Waals surface area contributed by atoms with Crippen LogP contribution >= 0.6 is 0 Å². The van der Waals surface area contributed by atoms with Gasteiger partial charge in [0.15, 0.2) is 0 Å². The topological polar surface area (TPSA) is 98.2 Å². The fraction of sp³-hybridized carbons (Fsp3) is 0.231. The molecule has 1 atom stereocenters. The molecule has 0 fully saturated rings. The van der Waals surface area contributed by atoms with E-state index in [0.717, 1.165) is 22.5 Å². The number of hydrogen-bond donors (Lipinski definition) is 2. The molecule has 0 saturated carbocycles. The van der Waals surface area contributed by atoms with Gasteiger partial charge in [0.05, 0.1) is 29.3 Å². The Kier molecular flexibility index (Phi) is 7.56. The third kappa shape index (κ3) is 5.63. The summed E-state index contributed by atoms with van der Waals surface area (Å²) in [6, 6.07) is 13.5. The number of aliphatic imine (C=N–C) groups is 1. The zero-order valence-corrected chi connectivity index (χ0v) is 19.5. The van der Waals surface area contributed by atoms with E-state index < -0.39 is 0 Å². The van der Waals surface area contributed by atoms with Gasteiger partial charge in [0, 0.05) is 18.0 Å². The van der Waals surface area contributed by atoms with Crippen LogP contribution in [0.25, 0.3) is 16.8 Å². The van der Waals surface area contributed by atoms with Gasteiger partial charge in [-0.15, -0.1) is 5.10 Å². The summed E-state index contributed by atoms with van der Waals surface area (Å²) in [5.41, 5.74) is 11.6. The van der Waals surface area contributed by atoms with Gasteiger partial charge in [0.2, 0.25) is 0 Å². The molecular weight excluding hydrogens is 412 g/mol. The van der Waals surface area contributed by atoms with Gasteiger partial charge in [-0.05, 0) is 49.1 Å². The molecule has 1 unspecified atom stereocenters. The van der Waals surface area contributed by atoms with Crippen LogP contribution in [-0.4, -0.2) is 33.2 Å². The number of benzene rings is 2. The van der Waals surface area contributed by atoms with E-state index >= 15 is 0 Å². The highest BCUT2D eigenvalue weighted by molar-refractivity contribution is 5.96. The first-order chi connectivity index (χ1) is 15.8. The standard InChI is InChI=1S/C26H30N6O/c1-6-11-28-24(15-27)19(5)30-26(33)22-12-21(20-9-7-18(4)8-10-20)13-23(14-22)32-25(17(2)3)16-29-31-32/h6-17,19H,1,27H2,2-5H3,(H,30,33)/b24-15-,28-11?. The molecule has 1 heterocycles. The molecule has 0 radical (unpaired) electrons. The molecule has 7 nitrogen and oxygen atoms in total. The SMILES string of the molecule is C=CC=N/C(=C\N)C(C)NC(=O)c1cc(-c2ccc(C)cc2)cc(-n2nncc2C(C)C)c1. The fourth-order valence-electron chi connectivity index (χ4n) is 3.41. The minimum Gasteiger partial charge on any atom is -0.403 e. The average molecular weight is 443 g/mol. The quantitative estimate of drug-likeness (QED) is 0.500. The molecule has 7 heteroatoms. The van der Waals surface area contributed by atoms with Crippen molar-refractivity contribution in [1.29, 1.82) is 0 Å². The number of nitrogens with one attached hydrogen (secondary N) is 1. The lowest BCUT2D eigenvalue weighted by molar-refractivity contribution is 0.0945. The second-order valence-corrected chi connectivity index (χ2v) is 8.16. The Labute approximate surface area is 194 Å². The normalized spacial score (nSPS) is 12.8. The van der Waals surface area contributed by atoms with Crippen LogP contribution in [0.4, 0.5) is 0 Å². The van der Waals surface area contributed by atoms with Gasteiger partial charge in [0.25, 0.3) is 5.91 Å². The van der Waals surface area contributed by atoms with Crippen LogP contribution < -0.4 is 11.1 Å². The molecule has 3 N–H and O–H groups in total. The fourth-order valence-corrected chi connectivity index (χ4v) is 3.41. The summed E-state index contributed by atoms with van der Waals surface area (Å²) in [6.45, 7) is 11.7. The third-order valence-corrected chi connectivity index (χ3v) is 5.27. The van der Waals surface area contributed by atoms with E-state index in [-0.39, 0.29) is 17.9 Å². The highest BCUT2D eigenvalue weighted by atomic mass is 16.1. The molecule has 3 aromatic rings. The van der Waals surface area contributed by atoms with Crippen molar-refractivity contribution in [2.24, 2.45) is 10.7 Å². The Balaban J connectivity index is 2.04. The minimum atomic E-state index is -0.386. The lowest BCUT2D eigenvalue weighted by atomic mass is 10.00. The van der Waals surface area contributed by atoms with Crippen molar-refractivity contribution in [2.45, 2.75) is 39.7 Å². The molecule has 170 valence electrons. The Morgan fingerprint density at radius 3 is 2.52 bits per heavy atom. The van der Waals surface area contributed by atoms with Gasteiger partial charge in [-0.25, -0.2) is 4.68 Å². The van der Waals surface area contributed by atoms with Gasteiger partial charge in [-0.2, -0.15) is 0 Å². The van der Waals surface area contributed by atoms with Gasteiger partial charge >= 0.3 is 0 Å². The Morgan fingerprint density at radius 2 is 1.88 bits per heavy atom. The van der Waals surface area contributed by atoms with Crippen LogP contribution in [0.5, 0.6) is 0 Å². The van der Waals surface area contributed by atoms with E-state index in [2.05, 4.69) is 53.2 Å². The maximum Gasteiger partial charge on any atom is 0.251 e. The van der Waals surface area contributed by atoms with E-state index in [0.29, 0.717) is 11.3 Å². The molecule has 0 spiro atoms. The lowest BCUT2D eigenvalue weighted by Crippen LogP contribution is -2.34. The van der Waals surface area contributed by atoms with Crippen molar-refractivity contribution in [3.63, 3.8) is 0 Å². The molecule has 3 rings (SSSR count). The van der Waals surface area contributed by atoms with Crippen LogP contribution in [0.3, 0.4) is 0 Å². The zero-order valence-electron chi connectivity index (χ0n) is 19.5. The van der Waals surface area contributed by atoms with E-state index in [1.54, 1.807) is 17.0 Å². The Morgan fingerprint density at radius 1 is 1.15 bits per heavy atom. The largest absolute Gasteiger partial charge is 0.403 e. The number of hydrogen-bond acceptors (Lipinski definition) is 5. The predicted molar refractivity (Wildman–Crippen MR) is 134 cm³/mol. The first kappa shape index (κ1) is 23.7. The number of allylic oxidation sites excluding steroid dienone is 1. The summed E-state index contributed by atoms with van der Waals surface area (Å²) in [4.78, 5) is 17.5. The molecule has 0 bridgehead atoms. The maximum atomic E-state index is 13.2. The van der Waals surface area contributed by atoms with Crippen molar-refractivity contribution in [2.75, 3.05) is 0 Å². The number of aryl methyl sites for hydroxylation is 1. The van der Waals surface area contributed by atoms with Crippen LogP contribution in [0.2, 0.25) is 0 Å². The second kappa shape index (κ2) is 10.5. The Bertz CT molecular complexity index is 1190. The second-order valence-electron chi connectivity index (χ2n) is 8.16. The molecule has 1 amide bonds. The molecule has 0 saturated heterocycles. The van der Waals surface area contributed by atoms with Gasteiger partial charge in [-0.3, -0.25) is 9.79 Å². The molecule has 2 aromatic carbocycles. The number of rotatable bonds is 8. The van der Waals surface area contributed by atoms with Crippen molar-refractivity contribution in [3.05, 3.63) is 90.0 Å². The van der Waals surface area contributed by atoms with E-state index in [9.17, 15) is 4.79 Å². The summed E-state index contributed by atoms with van der Waals surface area (Å²) in [5.74, 6) is -0.0163. The average Bonchev–Trinajstić information content (AvgIpc) is 3.30. The molecular formula is C26H30N6O. The Hall–Kier alpha value is -4.00. The predicted octanol–water partition coefficient (Wildman–Crippen LogP) is 4.54. The third-order valence-electron chi connectivity index (χ3n) is 5.27. The highest BCUT2D eigenvalue weighted by Crippen LogP contribution is 2.26. The first-order valence-electron chi connectivity index (χ1n) is 10.8. The zero-order chi connectivity index (χ0) is 24.0. The first-order valence-corrected chi connectivity index (χ1v) is 10.8. The number of amides is 1. The van der Waals surface area contributed by atoms with Gasteiger partial charge in [-0.1, -0.05) is 61.5 Å². The van der Waals surface area contributed by atoms with Crippen molar-refractivity contribution >= 4 is 12.1 Å². The van der Waals surface area contributed by atoms with Crippen LogP contribution in [-0.2, 0) is 0 Å². The van der Waals surface area contributed by atoms with Crippen molar-refractivity contribution in [3.8, 4) is 16.8 Å². The van der Waals surface area contributed by atoms with E-state index in [1.807, 2.05) is 44.2 Å². The van der Waals surface area contributed by atoms with Crippen LogP contribution in [0, 0.1) is 6.92 Å². The van der Waals surface area contributed by atoms with Crippen LogP contribution in [0.1, 0.15) is 48.3 Å². The number of nitrogens with zero attached hydrogens (tertiary/aromatic N) is 4. The minimum absolute atomic E-state index is 0.223. The highest BCUT2D eigenvalue weighted by Gasteiger charge is 2.17. The van der Waals surface area contributed by atoms with E-state index in [1.165, 1.54) is 18.0 Å².